The van der Waals surface area contributed by atoms with Crippen LogP contribution in [0.1, 0.15) is 21.8 Å². The smallest absolute Gasteiger partial charge is 0.347 e. The second-order valence-corrected chi connectivity index (χ2v) is 4.08. The minimum absolute atomic E-state index is 0.322. The predicted molar refractivity (Wildman–Crippen MR) is 51.7 cm³/mol. The Bertz CT molecular complexity index is 462. The second kappa shape index (κ2) is 3.87. The molecule has 2 aromatic heterocycles. The third-order valence-corrected chi connectivity index (χ3v) is 3.01. The minimum Gasteiger partial charge on any atom is -0.347 e. The predicted octanol–water partition coefficient (Wildman–Crippen LogP) is 1.93. The quantitative estimate of drug-likeness (QED) is 0.853. The normalized spacial score (nSPS) is 14.0. The number of rotatable bonds is 2. The summed E-state index contributed by atoms with van der Waals surface area (Å²) in [5.74, 6) is 0.414. The van der Waals surface area contributed by atoms with Gasteiger partial charge in [0.15, 0.2) is 5.01 Å². The van der Waals surface area contributed by atoms with E-state index in [9.17, 15) is 13.2 Å². The number of imidazole rings is 1. The molecule has 0 aliphatic carbocycles. The van der Waals surface area contributed by atoms with Crippen molar-refractivity contribution in [1.29, 1.82) is 0 Å². The Hall–Kier alpha value is -1.41. The number of hydrogen-bond acceptors (Lipinski definition) is 4. The lowest BCUT2D eigenvalue weighted by molar-refractivity contribution is -0.137. The van der Waals surface area contributed by atoms with Crippen molar-refractivity contribution >= 4 is 11.3 Å². The highest BCUT2D eigenvalue weighted by molar-refractivity contribution is 7.11. The van der Waals surface area contributed by atoms with Crippen molar-refractivity contribution in [3.63, 3.8) is 0 Å². The fourth-order valence-electron chi connectivity index (χ4n) is 1.14. The Morgan fingerprint density at radius 3 is 2.62 bits per heavy atom. The maximum absolute atomic E-state index is 12.3. The van der Waals surface area contributed by atoms with Crippen LogP contribution in [0.2, 0.25) is 0 Å². The number of nitrogens with one attached hydrogen (secondary N) is 1. The van der Waals surface area contributed by atoms with Crippen molar-refractivity contribution < 1.29 is 13.2 Å². The average Bonchev–Trinajstić information content (AvgIpc) is 2.87. The van der Waals surface area contributed by atoms with E-state index >= 15 is 0 Å². The fourth-order valence-corrected chi connectivity index (χ4v) is 1.93. The van der Waals surface area contributed by atoms with E-state index in [1.165, 1.54) is 6.20 Å². The molecule has 2 heterocycles. The van der Waals surface area contributed by atoms with Crippen molar-refractivity contribution in [3.8, 4) is 0 Å². The van der Waals surface area contributed by atoms with Gasteiger partial charge in [-0.05, 0) is 0 Å². The third-order valence-electron chi connectivity index (χ3n) is 1.89. The Balaban J connectivity index is 2.26. The molecule has 0 aliphatic rings. The third kappa shape index (κ3) is 2.07. The maximum atomic E-state index is 12.3. The molecule has 8 heteroatoms. The van der Waals surface area contributed by atoms with Crippen molar-refractivity contribution in [2.45, 2.75) is 12.2 Å². The summed E-state index contributed by atoms with van der Waals surface area (Å²) in [7, 11) is 0. The molecular weight excluding hydrogens is 241 g/mol. The van der Waals surface area contributed by atoms with Crippen LogP contribution >= 0.6 is 11.3 Å². The summed E-state index contributed by atoms with van der Waals surface area (Å²) in [6.07, 6.45) is -0.256. The van der Waals surface area contributed by atoms with Crippen molar-refractivity contribution in [1.82, 2.24) is 15.0 Å². The molecule has 16 heavy (non-hydrogen) atoms. The van der Waals surface area contributed by atoms with E-state index < -0.39 is 17.2 Å². The van der Waals surface area contributed by atoms with Crippen LogP contribution in [-0.2, 0) is 6.18 Å². The SMILES string of the molecule is NC(c1ncc[nH]1)c1cnc(C(F)(F)F)s1. The molecule has 1 atom stereocenters. The van der Waals surface area contributed by atoms with Gasteiger partial charge in [0.25, 0.3) is 0 Å². The van der Waals surface area contributed by atoms with E-state index in [1.54, 1.807) is 6.20 Å². The van der Waals surface area contributed by atoms with Crippen molar-refractivity contribution in [2.75, 3.05) is 0 Å². The van der Waals surface area contributed by atoms with Gasteiger partial charge in [-0.3, -0.25) is 0 Å². The minimum atomic E-state index is -4.42. The van der Waals surface area contributed by atoms with E-state index in [4.69, 9.17) is 5.73 Å². The number of alkyl halides is 3. The number of nitrogens with zero attached hydrogens (tertiary/aromatic N) is 2. The van der Waals surface area contributed by atoms with E-state index in [1.807, 2.05) is 0 Å². The molecule has 0 amide bonds. The number of nitrogens with two attached hydrogens (primary N) is 1. The lowest BCUT2D eigenvalue weighted by Crippen LogP contribution is -2.11. The molecule has 0 bridgehead atoms. The zero-order chi connectivity index (χ0) is 11.8. The Labute approximate surface area is 92.3 Å². The summed E-state index contributed by atoms with van der Waals surface area (Å²) in [6, 6.07) is -0.705. The molecule has 2 rings (SSSR count). The standard InChI is InChI=1S/C8H7F3N4S/c9-8(10,11)7-15-3-4(16-7)5(12)6-13-1-2-14-6/h1-3,5H,12H2,(H,13,14). The lowest BCUT2D eigenvalue weighted by Gasteiger charge is -2.04. The highest BCUT2D eigenvalue weighted by Crippen LogP contribution is 2.34. The monoisotopic (exact) mass is 248 g/mol. The number of aromatic amines is 1. The first-order chi connectivity index (χ1) is 7.48. The van der Waals surface area contributed by atoms with Gasteiger partial charge in [0.05, 0.1) is 6.04 Å². The van der Waals surface area contributed by atoms with E-state index in [0.717, 1.165) is 6.20 Å². The van der Waals surface area contributed by atoms with Gasteiger partial charge in [-0.15, -0.1) is 11.3 Å². The van der Waals surface area contributed by atoms with Crippen molar-refractivity contribution in [2.24, 2.45) is 5.73 Å². The van der Waals surface area contributed by atoms with Gasteiger partial charge in [0.2, 0.25) is 0 Å². The molecule has 2 aromatic rings. The molecule has 0 radical (unpaired) electrons. The molecule has 0 aliphatic heterocycles. The van der Waals surface area contributed by atoms with Gasteiger partial charge < -0.3 is 10.7 Å². The van der Waals surface area contributed by atoms with Crippen LogP contribution in [0.15, 0.2) is 18.6 Å². The van der Waals surface area contributed by atoms with Crippen LogP contribution in [0.4, 0.5) is 13.2 Å². The number of H-pyrrole nitrogens is 1. The van der Waals surface area contributed by atoms with Gasteiger partial charge in [0, 0.05) is 23.5 Å². The van der Waals surface area contributed by atoms with Gasteiger partial charge in [-0.1, -0.05) is 0 Å². The summed E-state index contributed by atoms with van der Waals surface area (Å²) in [5, 5.41) is -0.899. The van der Waals surface area contributed by atoms with Gasteiger partial charge in [-0.2, -0.15) is 13.2 Å². The van der Waals surface area contributed by atoms with Crippen LogP contribution < -0.4 is 5.73 Å². The summed E-state index contributed by atoms with van der Waals surface area (Å²) >= 11 is 0.525. The van der Waals surface area contributed by atoms with Gasteiger partial charge in [-0.25, -0.2) is 9.97 Å². The van der Waals surface area contributed by atoms with E-state index in [0.29, 0.717) is 22.0 Å². The maximum Gasteiger partial charge on any atom is 0.443 e. The summed E-state index contributed by atoms with van der Waals surface area (Å²) < 4.78 is 36.9. The Kier molecular flexibility index (Phi) is 2.68. The largest absolute Gasteiger partial charge is 0.443 e. The summed E-state index contributed by atoms with van der Waals surface area (Å²) in [6.45, 7) is 0. The van der Waals surface area contributed by atoms with Crippen molar-refractivity contribution in [3.05, 3.63) is 34.3 Å². The highest BCUT2D eigenvalue weighted by Gasteiger charge is 2.35. The van der Waals surface area contributed by atoms with E-state index in [2.05, 4.69) is 15.0 Å². The molecule has 1 unspecified atom stereocenters. The Morgan fingerprint density at radius 2 is 2.12 bits per heavy atom. The first-order valence-electron chi connectivity index (χ1n) is 4.26. The van der Waals surface area contributed by atoms with E-state index in [-0.39, 0.29) is 0 Å². The number of aromatic nitrogens is 3. The Morgan fingerprint density at radius 1 is 1.38 bits per heavy atom. The molecule has 3 N–H and O–H groups in total. The molecule has 4 nitrogen and oxygen atoms in total. The zero-order valence-electron chi connectivity index (χ0n) is 7.82. The molecule has 0 aromatic carbocycles. The molecule has 0 saturated carbocycles. The second-order valence-electron chi connectivity index (χ2n) is 3.02. The molecule has 86 valence electrons. The summed E-state index contributed by atoms with van der Waals surface area (Å²) in [4.78, 5) is 10.2. The van der Waals surface area contributed by atoms with Gasteiger partial charge in [0.1, 0.15) is 5.82 Å². The first kappa shape index (κ1) is 11.1. The van der Waals surface area contributed by atoms with Crippen LogP contribution in [0.5, 0.6) is 0 Å². The highest BCUT2D eigenvalue weighted by atomic mass is 32.1. The van der Waals surface area contributed by atoms with Crippen LogP contribution in [-0.4, -0.2) is 15.0 Å². The molecule has 0 fully saturated rings. The summed E-state index contributed by atoms with van der Waals surface area (Å²) in [5.41, 5.74) is 5.73. The topological polar surface area (TPSA) is 67.6 Å². The van der Waals surface area contributed by atoms with Crippen LogP contribution in [0.3, 0.4) is 0 Å². The number of thiazole rings is 1. The number of halogens is 3. The first-order valence-corrected chi connectivity index (χ1v) is 5.08. The van der Waals surface area contributed by atoms with Gasteiger partial charge >= 0.3 is 6.18 Å². The molecular formula is C8H7F3N4S. The zero-order valence-corrected chi connectivity index (χ0v) is 8.64. The fraction of sp³-hybridized carbons (Fsp3) is 0.250. The molecule has 0 spiro atoms. The van der Waals surface area contributed by atoms with Crippen LogP contribution in [0.25, 0.3) is 0 Å². The lowest BCUT2D eigenvalue weighted by atomic mass is 10.3. The van der Waals surface area contributed by atoms with Crippen LogP contribution in [0, 0.1) is 0 Å². The average molecular weight is 248 g/mol. The molecule has 0 saturated heterocycles. The number of hydrogen-bond donors (Lipinski definition) is 2.